The van der Waals surface area contributed by atoms with Gasteiger partial charge in [-0.05, 0) is 28.1 Å². The number of nitrogens with two attached hydrogens (primary N) is 1. The monoisotopic (exact) mass is 301 g/mol. The largest absolute Gasteiger partial charge is 0.381 e. The molecule has 1 aromatic carbocycles. The Morgan fingerprint density at radius 2 is 2.35 bits per heavy atom. The molecule has 1 unspecified atom stereocenters. The van der Waals surface area contributed by atoms with Gasteiger partial charge in [0.05, 0.1) is 15.7 Å². The van der Waals surface area contributed by atoms with Crippen molar-refractivity contribution in [2.75, 3.05) is 11.9 Å². The van der Waals surface area contributed by atoms with E-state index in [2.05, 4.69) is 21.2 Å². The second-order valence-corrected chi connectivity index (χ2v) is 3.99. The van der Waals surface area contributed by atoms with Crippen LogP contribution in [0.25, 0.3) is 0 Å². The second-order valence-electron chi connectivity index (χ2n) is 3.20. The summed E-state index contributed by atoms with van der Waals surface area (Å²) >= 11 is 2.94. The lowest BCUT2D eigenvalue weighted by molar-refractivity contribution is -0.125. The SMILES string of the molecule is N#Cc1ccc(NCC(O)C(N)=O)c(F)c1Br. The van der Waals surface area contributed by atoms with Crippen molar-refractivity contribution in [1.29, 1.82) is 5.26 Å². The standard InChI is InChI=1S/C10H9BrFN3O2/c11-8-5(3-13)1-2-6(9(8)12)15-4-7(16)10(14)17/h1-2,7,15-16H,4H2,(H2,14,17). The number of carbonyl (C=O) groups is 1. The van der Waals surface area contributed by atoms with Gasteiger partial charge in [-0.25, -0.2) is 4.39 Å². The molecule has 0 aromatic heterocycles. The van der Waals surface area contributed by atoms with Crippen LogP contribution in [0.5, 0.6) is 0 Å². The number of hydrogen-bond donors (Lipinski definition) is 3. The third kappa shape index (κ3) is 3.15. The molecule has 1 atom stereocenters. The Balaban J connectivity index is 2.84. The molecule has 0 aliphatic carbocycles. The molecule has 4 N–H and O–H groups in total. The number of amides is 1. The summed E-state index contributed by atoms with van der Waals surface area (Å²) in [5, 5.41) is 20.3. The third-order valence-corrected chi connectivity index (χ3v) is 2.79. The maximum absolute atomic E-state index is 13.6. The maximum atomic E-state index is 13.6. The molecule has 0 bridgehead atoms. The summed E-state index contributed by atoms with van der Waals surface area (Å²) in [6, 6.07) is 4.56. The van der Waals surface area contributed by atoms with Gasteiger partial charge in [0.25, 0.3) is 0 Å². The van der Waals surface area contributed by atoms with Crippen molar-refractivity contribution >= 4 is 27.5 Å². The molecule has 0 aliphatic heterocycles. The second kappa shape index (κ2) is 5.61. The number of carbonyl (C=O) groups excluding carboxylic acids is 1. The lowest BCUT2D eigenvalue weighted by atomic mass is 10.2. The first-order chi connectivity index (χ1) is 7.97. The molecule has 0 saturated carbocycles. The van der Waals surface area contributed by atoms with E-state index < -0.39 is 17.8 Å². The van der Waals surface area contributed by atoms with Gasteiger partial charge in [0.15, 0.2) is 5.82 Å². The van der Waals surface area contributed by atoms with Crippen molar-refractivity contribution < 1.29 is 14.3 Å². The topological polar surface area (TPSA) is 99.1 Å². The van der Waals surface area contributed by atoms with Gasteiger partial charge >= 0.3 is 0 Å². The van der Waals surface area contributed by atoms with E-state index in [-0.39, 0.29) is 22.3 Å². The van der Waals surface area contributed by atoms with Gasteiger partial charge in [0.1, 0.15) is 12.2 Å². The predicted molar refractivity (Wildman–Crippen MR) is 62.5 cm³/mol. The minimum absolute atomic E-state index is 0.0264. The number of halogens is 2. The fraction of sp³-hybridized carbons (Fsp3) is 0.200. The number of nitrogens with zero attached hydrogens (tertiary/aromatic N) is 1. The Labute approximate surface area is 105 Å². The molecule has 0 fully saturated rings. The molecule has 1 rings (SSSR count). The lowest BCUT2D eigenvalue weighted by Gasteiger charge is -2.11. The van der Waals surface area contributed by atoms with Crippen molar-refractivity contribution in [2.24, 2.45) is 5.73 Å². The molecule has 0 aliphatic rings. The Kier molecular flexibility index (Phi) is 4.43. The minimum Gasteiger partial charge on any atom is -0.381 e. The zero-order valence-corrected chi connectivity index (χ0v) is 10.2. The van der Waals surface area contributed by atoms with E-state index in [4.69, 9.17) is 16.1 Å². The first kappa shape index (κ1) is 13.4. The van der Waals surface area contributed by atoms with E-state index in [9.17, 15) is 9.18 Å². The minimum atomic E-state index is -1.40. The number of benzene rings is 1. The van der Waals surface area contributed by atoms with E-state index in [1.807, 2.05) is 6.07 Å². The average Bonchev–Trinajstić information content (AvgIpc) is 2.30. The lowest BCUT2D eigenvalue weighted by Crippen LogP contribution is -2.34. The highest BCUT2D eigenvalue weighted by Gasteiger charge is 2.14. The highest BCUT2D eigenvalue weighted by Crippen LogP contribution is 2.26. The highest BCUT2D eigenvalue weighted by atomic mass is 79.9. The van der Waals surface area contributed by atoms with E-state index in [0.717, 1.165) is 0 Å². The Morgan fingerprint density at radius 1 is 1.71 bits per heavy atom. The zero-order valence-electron chi connectivity index (χ0n) is 8.58. The number of hydrogen-bond acceptors (Lipinski definition) is 4. The van der Waals surface area contributed by atoms with Crippen LogP contribution in [0.3, 0.4) is 0 Å². The van der Waals surface area contributed by atoms with Crippen LogP contribution in [0, 0.1) is 17.1 Å². The van der Waals surface area contributed by atoms with Gasteiger partial charge in [-0.1, -0.05) is 0 Å². The van der Waals surface area contributed by atoms with Gasteiger partial charge in [0, 0.05) is 6.54 Å². The number of rotatable bonds is 4. The quantitative estimate of drug-likeness (QED) is 0.763. The number of nitriles is 1. The van der Waals surface area contributed by atoms with E-state index in [1.165, 1.54) is 12.1 Å². The molecule has 0 heterocycles. The molecule has 1 amide bonds. The molecule has 1 aromatic rings. The fourth-order valence-corrected chi connectivity index (χ4v) is 1.51. The van der Waals surface area contributed by atoms with Crippen LogP contribution in [0.4, 0.5) is 10.1 Å². The van der Waals surface area contributed by atoms with Gasteiger partial charge in [-0.15, -0.1) is 0 Å². The van der Waals surface area contributed by atoms with Gasteiger partial charge in [-0.2, -0.15) is 5.26 Å². The van der Waals surface area contributed by atoms with Gasteiger partial charge < -0.3 is 16.2 Å². The third-order valence-electron chi connectivity index (χ3n) is 2.02. The Bertz CT molecular complexity index is 487. The summed E-state index contributed by atoms with van der Waals surface area (Å²) in [6.07, 6.45) is -1.40. The van der Waals surface area contributed by atoms with E-state index >= 15 is 0 Å². The summed E-state index contributed by atoms with van der Waals surface area (Å²) in [5.74, 6) is -1.56. The Hall–Kier alpha value is -1.65. The Morgan fingerprint density at radius 3 is 2.88 bits per heavy atom. The number of primary amides is 1. The smallest absolute Gasteiger partial charge is 0.248 e. The van der Waals surface area contributed by atoms with Crippen molar-refractivity contribution in [3.63, 3.8) is 0 Å². The van der Waals surface area contributed by atoms with Crippen LogP contribution < -0.4 is 11.1 Å². The van der Waals surface area contributed by atoms with Crippen LogP contribution in [-0.4, -0.2) is 23.7 Å². The summed E-state index contributed by atoms with van der Waals surface area (Å²) in [5.41, 5.74) is 5.06. The molecule has 0 radical (unpaired) electrons. The molecule has 5 nitrogen and oxygen atoms in total. The van der Waals surface area contributed by atoms with Gasteiger partial charge in [-0.3, -0.25) is 4.79 Å². The van der Waals surface area contributed by atoms with Crippen molar-refractivity contribution in [1.82, 2.24) is 0 Å². The summed E-state index contributed by atoms with van der Waals surface area (Å²) in [6.45, 7) is -0.204. The molecule has 7 heteroatoms. The molecular formula is C10H9BrFN3O2. The first-order valence-corrected chi connectivity index (χ1v) is 5.36. The van der Waals surface area contributed by atoms with E-state index in [0.29, 0.717) is 0 Å². The summed E-state index contributed by atoms with van der Waals surface area (Å²) < 4.78 is 13.7. The van der Waals surface area contributed by atoms with E-state index in [1.54, 1.807) is 0 Å². The zero-order chi connectivity index (χ0) is 13.0. The normalized spacial score (nSPS) is 11.6. The average molecular weight is 302 g/mol. The number of nitrogens with one attached hydrogen (secondary N) is 1. The van der Waals surface area contributed by atoms with Crippen LogP contribution >= 0.6 is 15.9 Å². The predicted octanol–water partition coefficient (Wildman–Crippen LogP) is 0.718. The van der Waals surface area contributed by atoms with Crippen molar-refractivity contribution in [3.05, 3.63) is 28.0 Å². The maximum Gasteiger partial charge on any atom is 0.248 e. The van der Waals surface area contributed by atoms with Crippen molar-refractivity contribution in [3.8, 4) is 6.07 Å². The molecule has 90 valence electrons. The molecule has 17 heavy (non-hydrogen) atoms. The van der Waals surface area contributed by atoms with Crippen LogP contribution in [-0.2, 0) is 4.79 Å². The van der Waals surface area contributed by atoms with Gasteiger partial charge in [0.2, 0.25) is 5.91 Å². The first-order valence-electron chi connectivity index (χ1n) is 4.56. The molecular weight excluding hydrogens is 293 g/mol. The van der Waals surface area contributed by atoms with Crippen LogP contribution in [0.15, 0.2) is 16.6 Å². The van der Waals surface area contributed by atoms with Crippen molar-refractivity contribution in [2.45, 2.75) is 6.10 Å². The number of aliphatic hydroxyl groups is 1. The fourth-order valence-electron chi connectivity index (χ4n) is 1.08. The molecule has 0 spiro atoms. The highest BCUT2D eigenvalue weighted by molar-refractivity contribution is 9.10. The number of anilines is 1. The number of aliphatic hydroxyl groups excluding tert-OH is 1. The summed E-state index contributed by atoms with van der Waals surface area (Å²) in [7, 11) is 0. The van der Waals surface area contributed by atoms with Crippen LogP contribution in [0.1, 0.15) is 5.56 Å². The molecule has 0 saturated heterocycles. The van der Waals surface area contributed by atoms with Crippen LogP contribution in [0.2, 0.25) is 0 Å². The summed E-state index contributed by atoms with van der Waals surface area (Å²) in [4.78, 5) is 10.6.